The van der Waals surface area contributed by atoms with Crippen molar-refractivity contribution in [2.24, 2.45) is 5.92 Å². The van der Waals surface area contributed by atoms with E-state index in [9.17, 15) is 24.9 Å². The van der Waals surface area contributed by atoms with Gasteiger partial charge in [0.2, 0.25) is 11.8 Å². The summed E-state index contributed by atoms with van der Waals surface area (Å²) >= 11 is 0. The van der Waals surface area contributed by atoms with Crippen molar-refractivity contribution in [1.29, 1.82) is 0 Å². The minimum atomic E-state index is -1.23. The second-order valence-corrected chi connectivity index (χ2v) is 6.06. The maximum absolute atomic E-state index is 11.9. The molecule has 1 saturated heterocycles. The third-order valence-corrected chi connectivity index (χ3v) is 4.34. The fourth-order valence-corrected chi connectivity index (χ4v) is 3.04. The van der Waals surface area contributed by atoms with E-state index in [0.29, 0.717) is 12.3 Å². The number of carbonyl (C=O) groups excluding carboxylic acids is 2. The summed E-state index contributed by atoms with van der Waals surface area (Å²) in [4.78, 5) is 25.0. The maximum atomic E-state index is 11.9. The van der Waals surface area contributed by atoms with Crippen LogP contribution in [0, 0.1) is 5.92 Å². The van der Waals surface area contributed by atoms with Crippen molar-refractivity contribution in [3.05, 3.63) is 0 Å². The Morgan fingerprint density at radius 1 is 1.05 bits per heavy atom. The quantitative estimate of drug-likeness (QED) is 0.511. The molecule has 7 nitrogen and oxygen atoms in total. The zero-order chi connectivity index (χ0) is 15.4. The van der Waals surface area contributed by atoms with Crippen LogP contribution in [0.4, 0.5) is 0 Å². The van der Waals surface area contributed by atoms with E-state index in [-0.39, 0.29) is 31.4 Å². The SMILES string of the molecule is O=C(CC1CCCC1)NCC(=O)N1C[C@@H](O)C(O)[C@@H](O)C1. The van der Waals surface area contributed by atoms with Gasteiger partial charge in [-0.2, -0.15) is 0 Å². The molecule has 21 heavy (non-hydrogen) atoms. The van der Waals surface area contributed by atoms with Gasteiger partial charge in [-0.1, -0.05) is 12.8 Å². The maximum Gasteiger partial charge on any atom is 0.242 e. The number of aliphatic hydroxyl groups excluding tert-OH is 3. The largest absolute Gasteiger partial charge is 0.388 e. The molecule has 2 aliphatic rings. The van der Waals surface area contributed by atoms with Crippen LogP contribution in [-0.2, 0) is 9.59 Å². The van der Waals surface area contributed by atoms with E-state index in [1.165, 1.54) is 17.7 Å². The van der Waals surface area contributed by atoms with E-state index in [1.54, 1.807) is 0 Å². The first-order valence-corrected chi connectivity index (χ1v) is 7.56. The van der Waals surface area contributed by atoms with Crippen LogP contribution in [0.15, 0.2) is 0 Å². The van der Waals surface area contributed by atoms with Gasteiger partial charge in [0.15, 0.2) is 0 Å². The summed E-state index contributed by atoms with van der Waals surface area (Å²) in [6.45, 7) is -0.202. The van der Waals surface area contributed by atoms with E-state index >= 15 is 0 Å². The summed E-state index contributed by atoms with van der Waals surface area (Å²) < 4.78 is 0. The molecule has 3 atom stereocenters. The van der Waals surface area contributed by atoms with Crippen LogP contribution in [0.5, 0.6) is 0 Å². The summed E-state index contributed by atoms with van der Waals surface area (Å²) in [6, 6.07) is 0. The predicted molar refractivity (Wildman–Crippen MR) is 74.2 cm³/mol. The molecule has 0 spiro atoms. The van der Waals surface area contributed by atoms with E-state index in [2.05, 4.69) is 5.32 Å². The standard InChI is InChI=1S/C14H24N2O5/c17-10-7-16(8-11(18)14(10)21)13(20)6-15-12(19)5-9-3-1-2-4-9/h9-11,14,17-18,21H,1-8H2,(H,15,19)/t10-,11+,14?. The Balaban J connectivity index is 1.72. The number of carbonyl (C=O) groups is 2. The van der Waals surface area contributed by atoms with Gasteiger partial charge in [-0.15, -0.1) is 0 Å². The molecule has 1 heterocycles. The molecule has 2 fully saturated rings. The Labute approximate surface area is 123 Å². The summed E-state index contributed by atoms with van der Waals surface area (Å²) in [7, 11) is 0. The molecule has 0 radical (unpaired) electrons. The van der Waals surface area contributed by atoms with Gasteiger partial charge in [0, 0.05) is 19.5 Å². The Bertz CT molecular complexity index is 372. The highest BCUT2D eigenvalue weighted by Crippen LogP contribution is 2.27. The molecule has 0 aromatic carbocycles. The van der Waals surface area contributed by atoms with Crippen molar-refractivity contribution < 1.29 is 24.9 Å². The topological polar surface area (TPSA) is 110 Å². The normalized spacial score (nSPS) is 30.4. The first-order chi connectivity index (χ1) is 9.97. The van der Waals surface area contributed by atoms with Crippen molar-refractivity contribution in [3.63, 3.8) is 0 Å². The molecule has 0 bridgehead atoms. The van der Waals surface area contributed by atoms with Crippen molar-refractivity contribution in [3.8, 4) is 0 Å². The molecule has 1 aliphatic carbocycles. The molecular weight excluding hydrogens is 276 g/mol. The smallest absolute Gasteiger partial charge is 0.242 e. The summed E-state index contributed by atoms with van der Waals surface area (Å²) in [6.07, 6.45) is 1.39. The van der Waals surface area contributed by atoms with Gasteiger partial charge in [-0.25, -0.2) is 0 Å². The fourth-order valence-electron chi connectivity index (χ4n) is 3.04. The van der Waals surface area contributed by atoms with Crippen LogP contribution in [-0.4, -0.2) is 70.0 Å². The Morgan fingerprint density at radius 2 is 1.62 bits per heavy atom. The van der Waals surface area contributed by atoms with Crippen LogP contribution in [0.2, 0.25) is 0 Å². The lowest BCUT2D eigenvalue weighted by Gasteiger charge is -2.36. The van der Waals surface area contributed by atoms with Crippen LogP contribution in [0.3, 0.4) is 0 Å². The van der Waals surface area contributed by atoms with Crippen molar-refractivity contribution in [2.45, 2.75) is 50.4 Å². The molecular formula is C14H24N2O5. The lowest BCUT2D eigenvalue weighted by atomic mass is 10.0. The van der Waals surface area contributed by atoms with Crippen molar-refractivity contribution >= 4 is 11.8 Å². The summed E-state index contributed by atoms with van der Waals surface area (Å²) in [5, 5.41) is 31.1. The van der Waals surface area contributed by atoms with Gasteiger partial charge < -0.3 is 25.5 Å². The average Bonchev–Trinajstić information content (AvgIpc) is 2.94. The lowest BCUT2D eigenvalue weighted by Crippen LogP contribution is -2.58. The number of hydrogen-bond acceptors (Lipinski definition) is 5. The molecule has 7 heteroatoms. The van der Waals surface area contributed by atoms with Crippen LogP contribution >= 0.6 is 0 Å². The number of β-amino-alcohol motifs (C(OH)–C–C–N with tert-alkyl or cyclic N) is 2. The molecule has 0 aromatic rings. The van der Waals surface area contributed by atoms with Crippen LogP contribution in [0.1, 0.15) is 32.1 Å². The number of hydrogen-bond donors (Lipinski definition) is 4. The molecule has 1 unspecified atom stereocenters. The number of aliphatic hydroxyl groups is 3. The van der Waals surface area contributed by atoms with E-state index < -0.39 is 18.3 Å². The number of likely N-dealkylation sites (tertiary alicyclic amines) is 1. The highest BCUT2D eigenvalue weighted by atomic mass is 16.4. The Kier molecular flexibility index (Phi) is 5.55. The second kappa shape index (κ2) is 7.20. The van der Waals surface area contributed by atoms with Crippen LogP contribution < -0.4 is 5.32 Å². The highest BCUT2D eigenvalue weighted by molar-refractivity contribution is 5.84. The zero-order valence-electron chi connectivity index (χ0n) is 12.1. The number of nitrogens with one attached hydrogen (secondary N) is 1. The number of piperidine rings is 1. The zero-order valence-corrected chi connectivity index (χ0v) is 12.1. The molecule has 2 amide bonds. The highest BCUT2D eigenvalue weighted by Gasteiger charge is 2.35. The lowest BCUT2D eigenvalue weighted by molar-refractivity contribution is -0.148. The van der Waals surface area contributed by atoms with E-state index in [0.717, 1.165) is 12.8 Å². The van der Waals surface area contributed by atoms with Gasteiger partial charge in [0.1, 0.15) is 18.3 Å². The second-order valence-electron chi connectivity index (χ2n) is 6.06. The fraction of sp³-hybridized carbons (Fsp3) is 0.857. The van der Waals surface area contributed by atoms with Gasteiger partial charge >= 0.3 is 0 Å². The number of nitrogens with zero attached hydrogens (tertiary/aromatic N) is 1. The molecule has 4 N–H and O–H groups in total. The summed E-state index contributed by atoms with van der Waals surface area (Å²) in [5.41, 5.74) is 0. The average molecular weight is 300 g/mol. The molecule has 1 aliphatic heterocycles. The van der Waals surface area contributed by atoms with Crippen molar-refractivity contribution in [1.82, 2.24) is 10.2 Å². The summed E-state index contributed by atoms with van der Waals surface area (Å²) in [5.74, 6) is -0.0676. The minimum absolute atomic E-state index is 0.0322. The van der Waals surface area contributed by atoms with Crippen molar-refractivity contribution in [2.75, 3.05) is 19.6 Å². The first kappa shape index (κ1) is 16.2. The molecule has 2 rings (SSSR count). The number of rotatable bonds is 4. The molecule has 120 valence electrons. The van der Waals surface area contributed by atoms with Gasteiger partial charge in [-0.05, 0) is 18.8 Å². The third kappa shape index (κ3) is 4.39. The van der Waals surface area contributed by atoms with E-state index in [4.69, 9.17) is 0 Å². The Hall–Kier alpha value is -1.18. The molecule has 0 aromatic heterocycles. The third-order valence-electron chi connectivity index (χ3n) is 4.34. The monoisotopic (exact) mass is 300 g/mol. The number of amides is 2. The van der Waals surface area contributed by atoms with Gasteiger partial charge in [0.25, 0.3) is 0 Å². The minimum Gasteiger partial charge on any atom is -0.388 e. The first-order valence-electron chi connectivity index (χ1n) is 7.56. The van der Waals surface area contributed by atoms with Gasteiger partial charge in [0.05, 0.1) is 6.54 Å². The predicted octanol–water partition coefficient (Wildman–Crippen LogP) is -1.39. The van der Waals surface area contributed by atoms with Crippen LogP contribution in [0.25, 0.3) is 0 Å². The van der Waals surface area contributed by atoms with E-state index in [1.807, 2.05) is 0 Å². The molecule has 1 saturated carbocycles. The van der Waals surface area contributed by atoms with Gasteiger partial charge in [-0.3, -0.25) is 9.59 Å². The Morgan fingerprint density at radius 3 is 2.19 bits per heavy atom.